The number of amides is 1. The van der Waals surface area contributed by atoms with Crippen LogP contribution < -0.4 is 5.32 Å². The summed E-state index contributed by atoms with van der Waals surface area (Å²) in [4.78, 5) is 13.8. The first-order valence-electron chi connectivity index (χ1n) is 8.41. The van der Waals surface area contributed by atoms with Gasteiger partial charge in [-0.05, 0) is 39.1 Å². The van der Waals surface area contributed by atoms with Crippen LogP contribution in [0.15, 0.2) is 17.5 Å². The Hall–Kier alpha value is -1.03. The number of hydrogen-bond acceptors (Lipinski definition) is 7. The summed E-state index contributed by atoms with van der Waals surface area (Å²) < 4.78 is 29.6. The van der Waals surface area contributed by atoms with E-state index in [9.17, 15) is 4.79 Å². The maximum absolute atomic E-state index is 12.7. The van der Waals surface area contributed by atoms with Gasteiger partial charge in [-0.2, -0.15) is 0 Å². The van der Waals surface area contributed by atoms with Gasteiger partial charge >= 0.3 is 0 Å². The highest BCUT2D eigenvalue weighted by atomic mass is 32.1. The van der Waals surface area contributed by atoms with Gasteiger partial charge in [-0.15, -0.1) is 11.3 Å². The number of carbonyl (C=O) groups excluding carboxylic acids is 1. The van der Waals surface area contributed by atoms with E-state index in [1.54, 1.807) is 11.3 Å². The lowest BCUT2D eigenvalue weighted by Crippen LogP contribution is -2.59. The molecule has 0 spiro atoms. The second kappa shape index (κ2) is 6.00. The Balaban J connectivity index is 1.52. The van der Waals surface area contributed by atoms with Crippen LogP contribution in [0.1, 0.15) is 32.6 Å². The van der Waals surface area contributed by atoms with Crippen LogP contribution in [0.4, 0.5) is 0 Å². The molecule has 0 saturated carbocycles. The van der Waals surface area contributed by atoms with Crippen LogP contribution in [-0.4, -0.2) is 48.2 Å². The van der Waals surface area contributed by atoms with Crippen molar-refractivity contribution in [3.63, 3.8) is 0 Å². The number of fused-ring (bicyclic) bond motifs is 3. The normalized spacial score (nSPS) is 38.2. The third-order valence-electron chi connectivity index (χ3n) is 4.43. The Morgan fingerprint density at radius 3 is 2.48 bits per heavy atom. The van der Waals surface area contributed by atoms with E-state index in [1.807, 2.05) is 45.2 Å². The van der Waals surface area contributed by atoms with Gasteiger partial charge in [-0.25, -0.2) is 0 Å². The van der Waals surface area contributed by atoms with E-state index >= 15 is 0 Å². The number of ether oxygens (including phenoxy) is 5. The molecular weight excluding hydrogens is 346 g/mol. The molecule has 3 aliphatic rings. The summed E-state index contributed by atoms with van der Waals surface area (Å²) in [5.74, 6) is -1.84. The first kappa shape index (κ1) is 17.4. The highest BCUT2D eigenvalue weighted by Crippen LogP contribution is 2.44. The van der Waals surface area contributed by atoms with E-state index in [1.165, 1.54) is 0 Å². The minimum atomic E-state index is -0.814. The summed E-state index contributed by atoms with van der Waals surface area (Å²) in [5, 5.41) is 4.88. The quantitative estimate of drug-likeness (QED) is 0.875. The van der Waals surface area contributed by atoms with Crippen molar-refractivity contribution in [1.29, 1.82) is 0 Å². The highest BCUT2D eigenvalue weighted by Gasteiger charge is 2.62. The molecule has 1 N–H and O–H groups in total. The summed E-state index contributed by atoms with van der Waals surface area (Å²) >= 11 is 1.59. The number of hydrogen-bond donors (Lipinski definition) is 1. The van der Waals surface area contributed by atoms with Gasteiger partial charge in [0.1, 0.15) is 18.3 Å². The minimum Gasteiger partial charge on any atom is -0.349 e. The van der Waals surface area contributed by atoms with Gasteiger partial charge in [0.05, 0.1) is 6.54 Å². The van der Waals surface area contributed by atoms with Crippen LogP contribution in [0.3, 0.4) is 0 Å². The first-order valence-corrected chi connectivity index (χ1v) is 9.29. The van der Waals surface area contributed by atoms with Gasteiger partial charge in [-0.1, -0.05) is 6.07 Å². The second-order valence-corrected chi connectivity index (χ2v) is 8.42. The molecule has 3 fully saturated rings. The van der Waals surface area contributed by atoms with Crippen molar-refractivity contribution in [2.45, 2.75) is 76.5 Å². The zero-order valence-corrected chi connectivity index (χ0v) is 15.5. The van der Waals surface area contributed by atoms with E-state index in [0.29, 0.717) is 6.54 Å². The topological polar surface area (TPSA) is 75.3 Å². The predicted octanol–water partition coefficient (Wildman–Crippen LogP) is 1.76. The van der Waals surface area contributed by atoms with Crippen molar-refractivity contribution in [1.82, 2.24) is 5.32 Å². The van der Waals surface area contributed by atoms with E-state index < -0.39 is 42.3 Å². The summed E-state index contributed by atoms with van der Waals surface area (Å²) in [6, 6.07) is 3.92. The third kappa shape index (κ3) is 3.34. The molecule has 3 saturated heterocycles. The molecule has 8 heteroatoms. The fourth-order valence-electron chi connectivity index (χ4n) is 3.51. The number of nitrogens with one attached hydrogen (secondary N) is 1. The van der Waals surface area contributed by atoms with Gasteiger partial charge < -0.3 is 29.0 Å². The molecule has 0 unspecified atom stereocenters. The molecule has 3 aliphatic heterocycles. The van der Waals surface area contributed by atoms with Gasteiger partial charge in [0.2, 0.25) is 0 Å². The standard InChI is InChI=1S/C17H23NO6S/c1-16(2)21-10-11(22-16)13-15(24-17(3,4)23-13)20-12(10)14(19)18-8-9-6-5-7-25-9/h5-7,10-13,15H,8H2,1-4H3,(H,18,19)/t10-,11+,12-,13+,15+/m1/s1. The third-order valence-corrected chi connectivity index (χ3v) is 5.31. The van der Waals surface area contributed by atoms with Crippen molar-refractivity contribution < 1.29 is 28.5 Å². The number of thiophene rings is 1. The number of carbonyl (C=O) groups is 1. The van der Waals surface area contributed by atoms with Crippen LogP contribution >= 0.6 is 11.3 Å². The molecule has 1 aromatic rings. The zero-order valence-electron chi connectivity index (χ0n) is 14.7. The van der Waals surface area contributed by atoms with Gasteiger partial charge in [0, 0.05) is 4.88 Å². The Morgan fingerprint density at radius 1 is 1.08 bits per heavy atom. The van der Waals surface area contributed by atoms with Crippen LogP contribution in [0.2, 0.25) is 0 Å². The molecule has 4 rings (SSSR count). The monoisotopic (exact) mass is 369 g/mol. The Kier molecular flexibility index (Phi) is 4.18. The van der Waals surface area contributed by atoms with Gasteiger partial charge in [-0.3, -0.25) is 4.79 Å². The van der Waals surface area contributed by atoms with Crippen molar-refractivity contribution in [3.8, 4) is 0 Å². The smallest absolute Gasteiger partial charge is 0.252 e. The molecular formula is C17H23NO6S. The molecule has 138 valence electrons. The minimum absolute atomic E-state index is 0.239. The van der Waals surface area contributed by atoms with Crippen molar-refractivity contribution in [3.05, 3.63) is 22.4 Å². The molecule has 0 aromatic carbocycles. The average molecular weight is 369 g/mol. The molecule has 7 nitrogen and oxygen atoms in total. The molecule has 1 aromatic heterocycles. The Bertz CT molecular complexity index is 646. The van der Waals surface area contributed by atoms with Gasteiger partial charge in [0.25, 0.3) is 5.91 Å². The maximum Gasteiger partial charge on any atom is 0.252 e. The lowest BCUT2D eigenvalue weighted by atomic mass is 9.98. The highest BCUT2D eigenvalue weighted by molar-refractivity contribution is 7.09. The average Bonchev–Trinajstić information content (AvgIpc) is 3.19. The van der Waals surface area contributed by atoms with Crippen LogP contribution in [0.5, 0.6) is 0 Å². The Labute approximate surface area is 150 Å². The first-order chi connectivity index (χ1) is 11.7. The van der Waals surface area contributed by atoms with Crippen LogP contribution in [0.25, 0.3) is 0 Å². The van der Waals surface area contributed by atoms with E-state index in [2.05, 4.69) is 5.32 Å². The summed E-state index contributed by atoms with van der Waals surface area (Å²) in [5.41, 5.74) is 0. The molecule has 0 bridgehead atoms. The van der Waals surface area contributed by atoms with E-state index in [4.69, 9.17) is 23.7 Å². The molecule has 25 heavy (non-hydrogen) atoms. The van der Waals surface area contributed by atoms with Crippen LogP contribution in [-0.2, 0) is 35.0 Å². The van der Waals surface area contributed by atoms with E-state index in [-0.39, 0.29) is 5.91 Å². The largest absolute Gasteiger partial charge is 0.349 e. The fraction of sp³-hybridized carbons (Fsp3) is 0.706. The summed E-state index contributed by atoms with van der Waals surface area (Å²) in [7, 11) is 0. The van der Waals surface area contributed by atoms with Crippen molar-refractivity contribution >= 4 is 17.2 Å². The lowest BCUT2D eigenvalue weighted by Gasteiger charge is -2.36. The Morgan fingerprint density at radius 2 is 1.76 bits per heavy atom. The zero-order chi connectivity index (χ0) is 17.8. The maximum atomic E-state index is 12.7. The fourth-order valence-corrected chi connectivity index (χ4v) is 4.16. The summed E-state index contributed by atoms with van der Waals surface area (Å²) in [6.45, 7) is 7.73. The molecule has 0 radical (unpaired) electrons. The number of rotatable bonds is 3. The molecule has 4 heterocycles. The summed E-state index contributed by atoms with van der Waals surface area (Å²) in [6.07, 6.45) is -2.87. The van der Waals surface area contributed by atoms with Crippen LogP contribution in [0, 0.1) is 0 Å². The molecule has 1 amide bonds. The molecule has 0 aliphatic carbocycles. The predicted molar refractivity (Wildman–Crippen MR) is 88.7 cm³/mol. The van der Waals surface area contributed by atoms with Crippen molar-refractivity contribution in [2.24, 2.45) is 0 Å². The SMILES string of the molecule is CC1(C)O[C@@H]2O[C@@H](C(=O)NCc3cccs3)[C@@H]3OC(C)(C)O[C@@H]3[C@@H]2O1. The lowest BCUT2D eigenvalue weighted by molar-refractivity contribution is -0.231. The van der Waals surface area contributed by atoms with E-state index in [0.717, 1.165) is 4.88 Å². The van der Waals surface area contributed by atoms with Crippen molar-refractivity contribution in [2.75, 3.05) is 0 Å². The van der Waals surface area contributed by atoms with Gasteiger partial charge in [0.15, 0.2) is 24.0 Å². The second-order valence-electron chi connectivity index (χ2n) is 7.39. The molecule has 5 atom stereocenters.